The van der Waals surface area contributed by atoms with Gasteiger partial charge < -0.3 is 10.4 Å². The molecule has 0 aliphatic rings. The standard InChI is InChI=1S/C27H24ClNO/c1-20-12-14-23(15-13-20)27(30,22-10-6-3-7-11-22)26(21-8-4-2-5-9-21)29-25-18-16-24(28)17-19-25/h2-19,26,29-30H,1H3. The Kier molecular flexibility index (Phi) is 5.89. The fourth-order valence-corrected chi connectivity index (χ4v) is 3.91. The summed E-state index contributed by atoms with van der Waals surface area (Å²) in [4.78, 5) is 0. The molecule has 0 radical (unpaired) electrons. The molecule has 0 saturated carbocycles. The van der Waals surface area contributed by atoms with Gasteiger partial charge in [-0.05, 0) is 47.9 Å². The van der Waals surface area contributed by atoms with Crippen molar-refractivity contribution in [1.82, 2.24) is 0 Å². The van der Waals surface area contributed by atoms with Gasteiger partial charge >= 0.3 is 0 Å². The van der Waals surface area contributed by atoms with Crippen LogP contribution in [0.2, 0.25) is 5.02 Å². The number of hydrogen-bond acceptors (Lipinski definition) is 2. The number of nitrogens with one attached hydrogen (secondary N) is 1. The van der Waals surface area contributed by atoms with E-state index >= 15 is 0 Å². The Labute approximate surface area is 182 Å². The van der Waals surface area contributed by atoms with Crippen LogP contribution in [0.1, 0.15) is 28.3 Å². The van der Waals surface area contributed by atoms with E-state index in [9.17, 15) is 5.11 Å². The van der Waals surface area contributed by atoms with E-state index < -0.39 is 11.6 Å². The average Bonchev–Trinajstić information content (AvgIpc) is 2.80. The predicted molar refractivity (Wildman–Crippen MR) is 125 cm³/mol. The van der Waals surface area contributed by atoms with E-state index in [2.05, 4.69) is 5.32 Å². The molecular weight excluding hydrogens is 390 g/mol. The second-order valence-corrected chi connectivity index (χ2v) is 7.93. The molecule has 4 aromatic rings. The van der Waals surface area contributed by atoms with Crippen LogP contribution in [0.5, 0.6) is 0 Å². The summed E-state index contributed by atoms with van der Waals surface area (Å²) in [5, 5.41) is 16.6. The first-order valence-electron chi connectivity index (χ1n) is 9.99. The van der Waals surface area contributed by atoms with Crippen LogP contribution in [-0.4, -0.2) is 5.11 Å². The van der Waals surface area contributed by atoms with Gasteiger partial charge in [-0.15, -0.1) is 0 Å². The number of benzene rings is 4. The fraction of sp³-hybridized carbons (Fsp3) is 0.111. The minimum absolute atomic E-state index is 0.426. The molecule has 4 aromatic carbocycles. The van der Waals surface area contributed by atoms with Crippen molar-refractivity contribution in [2.45, 2.75) is 18.6 Å². The molecule has 30 heavy (non-hydrogen) atoms. The van der Waals surface area contributed by atoms with Crippen molar-refractivity contribution in [2.24, 2.45) is 0 Å². The smallest absolute Gasteiger partial charge is 0.139 e. The van der Waals surface area contributed by atoms with E-state index in [0.717, 1.165) is 27.9 Å². The molecule has 2 nitrogen and oxygen atoms in total. The fourth-order valence-electron chi connectivity index (χ4n) is 3.79. The Balaban J connectivity index is 1.90. The SMILES string of the molecule is Cc1ccc(C(O)(c2ccccc2)C(Nc2ccc(Cl)cc2)c2ccccc2)cc1. The summed E-state index contributed by atoms with van der Waals surface area (Å²) in [6.45, 7) is 2.05. The lowest BCUT2D eigenvalue weighted by atomic mass is 9.77. The van der Waals surface area contributed by atoms with Crippen LogP contribution in [0, 0.1) is 6.92 Å². The van der Waals surface area contributed by atoms with E-state index in [1.807, 2.05) is 116 Å². The van der Waals surface area contributed by atoms with Gasteiger partial charge in [0.1, 0.15) is 5.60 Å². The Morgan fingerprint density at radius 3 is 1.83 bits per heavy atom. The zero-order valence-corrected chi connectivity index (χ0v) is 17.6. The van der Waals surface area contributed by atoms with Gasteiger partial charge in [-0.2, -0.15) is 0 Å². The third kappa shape index (κ3) is 4.11. The van der Waals surface area contributed by atoms with Crippen LogP contribution in [0.4, 0.5) is 5.69 Å². The van der Waals surface area contributed by atoms with Crippen LogP contribution < -0.4 is 5.32 Å². The molecule has 0 saturated heterocycles. The third-order valence-electron chi connectivity index (χ3n) is 5.41. The van der Waals surface area contributed by atoms with Gasteiger partial charge in [0, 0.05) is 10.7 Å². The highest BCUT2D eigenvalue weighted by Crippen LogP contribution is 2.43. The summed E-state index contributed by atoms with van der Waals surface area (Å²) in [6.07, 6.45) is 0. The molecule has 0 aliphatic carbocycles. The summed E-state index contributed by atoms with van der Waals surface area (Å²) < 4.78 is 0. The van der Waals surface area contributed by atoms with E-state index in [0.29, 0.717) is 5.02 Å². The first kappa shape index (κ1) is 20.2. The second-order valence-electron chi connectivity index (χ2n) is 7.49. The maximum Gasteiger partial charge on any atom is 0.139 e. The van der Waals surface area contributed by atoms with Crippen molar-refractivity contribution < 1.29 is 5.11 Å². The van der Waals surface area contributed by atoms with Crippen molar-refractivity contribution in [2.75, 3.05) is 5.32 Å². The van der Waals surface area contributed by atoms with Crippen molar-refractivity contribution >= 4 is 17.3 Å². The topological polar surface area (TPSA) is 32.3 Å². The zero-order valence-electron chi connectivity index (χ0n) is 16.8. The maximum absolute atomic E-state index is 12.4. The highest BCUT2D eigenvalue weighted by molar-refractivity contribution is 6.30. The quantitative estimate of drug-likeness (QED) is 0.367. The first-order valence-corrected chi connectivity index (χ1v) is 10.4. The van der Waals surface area contributed by atoms with Gasteiger partial charge in [0.2, 0.25) is 0 Å². The largest absolute Gasteiger partial charge is 0.378 e. The Bertz CT molecular complexity index is 1080. The minimum Gasteiger partial charge on any atom is -0.378 e. The summed E-state index contributed by atoms with van der Waals surface area (Å²) in [5.74, 6) is 0. The molecule has 2 unspecified atom stereocenters. The van der Waals surface area contributed by atoms with Crippen LogP contribution in [-0.2, 0) is 5.60 Å². The van der Waals surface area contributed by atoms with Gasteiger partial charge in [0.25, 0.3) is 0 Å². The molecular formula is C27H24ClNO. The maximum atomic E-state index is 12.4. The molecule has 0 aliphatic heterocycles. The van der Waals surface area contributed by atoms with Gasteiger partial charge in [0.05, 0.1) is 6.04 Å². The lowest BCUT2D eigenvalue weighted by molar-refractivity contribution is 0.0585. The number of aliphatic hydroxyl groups is 1. The monoisotopic (exact) mass is 413 g/mol. The van der Waals surface area contributed by atoms with Gasteiger partial charge in [-0.25, -0.2) is 0 Å². The number of halogens is 1. The molecule has 0 fully saturated rings. The van der Waals surface area contributed by atoms with Crippen LogP contribution in [0.15, 0.2) is 109 Å². The highest BCUT2D eigenvalue weighted by Gasteiger charge is 2.41. The summed E-state index contributed by atoms with van der Waals surface area (Å²) >= 11 is 6.08. The molecule has 4 rings (SSSR count). The number of aryl methyl sites for hydroxylation is 1. The van der Waals surface area contributed by atoms with Crippen molar-refractivity contribution in [3.8, 4) is 0 Å². The van der Waals surface area contributed by atoms with Crippen LogP contribution in [0.3, 0.4) is 0 Å². The first-order chi connectivity index (χ1) is 14.6. The normalized spacial score (nSPS) is 14.0. The molecule has 150 valence electrons. The number of hydrogen-bond donors (Lipinski definition) is 2. The van der Waals surface area contributed by atoms with Crippen LogP contribution in [0.25, 0.3) is 0 Å². The lowest BCUT2D eigenvalue weighted by Gasteiger charge is -2.39. The van der Waals surface area contributed by atoms with Gasteiger partial charge in [-0.1, -0.05) is 102 Å². The summed E-state index contributed by atoms with van der Waals surface area (Å²) in [6, 6.07) is 35.1. The van der Waals surface area contributed by atoms with E-state index in [1.54, 1.807) is 0 Å². The Morgan fingerprint density at radius 1 is 0.700 bits per heavy atom. The van der Waals surface area contributed by atoms with Gasteiger partial charge in [-0.3, -0.25) is 0 Å². The van der Waals surface area contributed by atoms with Crippen molar-refractivity contribution in [1.29, 1.82) is 0 Å². The Hall–Kier alpha value is -3.07. The van der Waals surface area contributed by atoms with E-state index in [4.69, 9.17) is 11.6 Å². The average molecular weight is 414 g/mol. The van der Waals surface area contributed by atoms with Crippen LogP contribution >= 0.6 is 11.6 Å². The second kappa shape index (κ2) is 8.74. The lowest BCUT2D eigenvalue weighted by Crippen LogP contribution is -2.39. The minimum atomic E-state index is -1.30. The van der Waals surface area contributed by atoms with E-state index in [-0.39, 0.29) is 0 Å². The molecule has 3 heteroatoms. The van der Waals surface area contributed by atoms with E-state index in [1.165, 1.54) is 0 Å². The molecule has 0 aromatic heterocycles. The highest BCUT2D eigenvalue weighted by atomic mass is 35.5. The van der Waals surface area contributed by atoms with Crippen molar-refractivity contribution in [3.63, 3.8) is 0 Å². The molecule has 0 amide bonds. The summed E-state index contributed by atoms with van der Waals surface area (Å²) in [7, 11) is 0. The molecule has 0 spiro atoms. The Morgan fingerprint density at radius 2 is 1.23 bits per heavy atom. The third-order valence-corrected chi connectivity index (χ3v) is 5.66. The number of rotatable bonds is 6. The predicted octanol–water partition coefficient (Wildman–Crippen LogP) is 6.74. The zero-order chi connectivity index (χ0) is 21.0. The van der Waals surface area contributed by atoms with Gasteiger partial charge in [0.15, 0.2) is 0 Å². The summed E-state index contributed by atoms with van der Waals surface area (Å²) in [5.41, 5.74) is 3.37. The molecule has 2 atom stereocenters. The molecule has 0 heterocycles. The number of anilines is 1. The molecule has 2 N–H and O–H groups in total. The molecule has 0 bridgehead atoms. The van der Waals surface area contributed by atoms with Crippen molar-refractivity contribution in [3.05, 3.63) is 136 Å².